The Hall–Kier alpha value is -1.32. The summed E-state index contributed by atoms with van der Waals surface area (Å²) in [6, 6.07) is -1.76. The topological polar surface area (TPSA) is 80.8 Å². The maximum atomic E-state index is 12.3. The van der Waals surface area contributed by atoms with Crippen LogP contribution in [0.3, 0.4) is 0 Å². The number of carbonyl (C=O) groups excluding carboxylic acids is 2. The van der Waals surface area contributed by atoms with E-state index >= 15 is 0 Å². The van der Waals surface area contributed by atoms with Gasteiger partial charge in [0.1, 0.15) is 11.4 Å². The van der Waals surface area contributed by atoms with E-state index in [1.165, 1.54) is 0 Å². The van der Waals surface area contributed by atoms with Gasteiger partial charge in [-0.05, 0) is 6.92 Å². The number of halogens is 3. The normalized spacial score (nSPS) is 27.1. The van der Waals surface area contributed by atoms with Crippen LogP contribution >= 0.6 is 0 Å². The van der Waals surface area contributed by atoms with Crippen LogP contribution in [0.2, 0.25) is 0 Å². The highest BCUT2D eigenvalue weighted by Gasteiger charge is 2.55. The molecule has 1 saturated heterocycles. The molecule has 0 aromatic rings. The fourth-order valence-electron chi connectivity index (χ4n) is 1.64. The molecule has 0 aromatic carbocycles. The van der Waals surface area contributed by atoms with Gasteiger partial charge in [-0.2, -0.15) is 13.2 Å². The number of alkyl halides is 3. The summed E-state index contributed by atoms with van der Waals surface area (Å²) in [5.74, 6) is -4.44. The maximum absolute atomic E-state index is 12.3. The van der Waals surface area contributed by atoms with E-state index in [1.54, 1.807) is 0 Å². The number of rotatable bonds is 1. The van der Waals surface area contributed by atoms with Gasteiger partial charge in [0.2, 0.25) is 0 Å². The Balaban J connectivity index is 3.20. The minimum atomic E-state index is -5.25. The van der Waals surface area contributed by atoms with Gasteiger partial charge in [-0.1, -0.05) is 0 Å². The standard InChI is InChI=1S/C8H10F3NO5S/c1-4-12(7(14)8(9,10)11)5(6(13)17-2)3-18(4,15)16/h4-5H,3H2,1-2H3. The molecule has 0 saturated carbocycles. The number of methoxy groups -OCH3 is 1. The van der Waals surface area contributed by atoms with Gasteiger partial charge >= 0.3 is 18.1 Å². The Bertz CT molecular complexity index is 472. The van der Waals surface area contributed by atoms with Crippen molar-refractivity contribution < 1.29 is 35.9 Å². The molecule has 0 N–H and O–H groups in total. The molecule has 0 aliphatic carbocycles. The number of carbonyl (C=O) groups is 2. The van der Waals surface area contributed by atoms with Gasteiger partial charge in [0.15, 0.2) is 9.84 Å². The molecule has 0 spiro atoms. The predicted octanol–water partition coefficient (Wildman–Crippen LogP) is -0.307. The van der Waals surface area contributed by atoms with E-state index in [9.17, 15) is 31.2 Å². The Morgan fingerprint density at radius 1 is 1.33 bits per heavy atom. The summed E-state index contributed by atoms with van der Waals surface area (Å²) < 4.78 is 64.1. The zero-order chi connectivity index (χ0) is 14.3. The summed E-state index contributed by atoms with van der Waals surface area (Å²) in [6.45, 7) is 0.919. The third-order valence-corrected chi connectivity index (χ3v) is 4.63. The van der Waals surface area contributed by atoms with Gasteiger partial charge in [0.05, 0.1) is 12.9 Å². The number of esters is 1. The summed E-state index contributed by atoms with van der Waals surface area (Å²) in [6.07, 6.45) is -5.25. The van der Waals surface area contributed by atoms with Crippen LogP contribution < -0.4 is 0 Å². The SMILES string of the molecule is COC(=O)C1CS(=O)(=O)C(C)N1C(=O)C(F)(F)F. The molecule has 0 radical (unpaired) electrons. The van der Waals surface area contributed by atoms with Crippen molar-refractivity contribution in [2.75, 3.05) is 12.9 Å². The fourth-order valence-corrected chi connectivity index (χ4v) is 3.24. The van der Waals surface area contributed by atoms with Gasteiger partial charge < -0.3 is 9.64 Å². The summed E-state index contributed by atoms with van der Waals surface area (Å²) in [5.41, 5.74) is 0. The van der Waals surface area contributed by atoms with Crippen molar-refractivity contribution in [2.24, 2.45) is 0 Å². The van der Waals surface area contributed by atoms with Crippen LogP contribution in [0.25, 0.3) is 0 Å². The molecule has 10 heteroatoms. The van der Waals surface area contributed by atoms with Crippen molar-refractivity contribution in [1.29, 1.82) is 0 Å². The lowest BCUT2D eigenvalue weighted by Gasteiger charge is -2.25. The average molecular weight is 289 g/mol. The van der Waals surface area contributed by atoms with Crippen molar-refractivity contribution in [3.8, 4) is 0 Å². The third-order valence-electron chi connectivity index (χ3n) is 2.59. The minimum absolute atomic E-state index is 0.00116. The molecular weight excluding hydrogens is 279 g/mol. The number of hydrogen-bond acceptors (Lipinski definition) is 5. The van der Waals surface area contributed by atoms with Gasteiger partial charge in [0, 0.05) is 0 Å². The number of nitrogens with zero attached hydrogens (tertiary/aromatic N) is 1. The van der Waals surface area contributed by atoms with E-state index in [-0.39, 0.29) is 4.90 Å². The molecular formula is C8H10F3NO5S. The molecule has 2 unspecified atom stereocenters. The number of hydrogen-bond donors (Lipinski definition) is 0. The Morgan fingerprint density at radius 3 is 2.22 bits per heavy atom. The lowest BCUT2D eigenvalue weighted by Crippen LogP contribution is -2.50. The molecule has 18 heavy (non-hydrogen) atoms. The predicted molar refractivity (Wildman–Crippen MR) is 52.0 cm³/mol. The zero-order valence-electron chi connectivity index (χ0n) is 9.39. The minimum Gasteiger partial charge on any atom is -0.467 e. The lowest BCUT2D eigenvalue weighted by molar-refractivity contribution is -0.189. The Morgan fingerprint density at radius 2 is 1.83 bits per heavy atom. The van der Waals surface area contributed by atoms with Crippen LogP contribution in [0.1, 0.15) is 6.92 Å². The van der Waals surface area contributed by atoms with E-state index in [0.29, 0.717) is 0 Å². The molecule has 1 aliphatic rings. The molecule has 1 aliphatic heterocycles. The monoisotopic (exact) mass is 289 g/mol. The van der Waals surface area contributed by atoms with E-state index in [2.05, 4.69) is 4.74 Å². The summed E-state index contributed by atoms with van der Waals surface area (Å²) >= 11 is 0. The molecule has 0 bridgehead atoms. The number of sulfone groups is 1. The van der Waals surface area contributed by atoms with E-state index in [4.69, 9.17) is 0 Å². The molecule has 1 amide bonds. The van der Waals surface area contributed by atoms with Gasteiger partial charge in [-0.3, -0.25) is 4.79 Å². The van der Waals surface area contributed by atoms with Crippen molar-refractivity contribution >= 4 is 21.7 Å². The van der Waals surface area contributed by atoms with Crippen molar-refractivity contribution in [1.82, 2.24) is 4.90 Å². The van der Waals surface area contributed by atoms with Crippen LogP contribution in [0.15, 0.2) is 0 Å². The molecule has 1 fully saturated rings. The second-order valence-corrected chi connectivity index (χ2v) is 6.02. The number of ether oxygens (including phenoxy) is 1. The van der Waals surface area contributed by atoms with Crippen molar-refractivity contribution in [3.63, 3.8) is 0 Å². The second-order valence-electron chi connectivity index (χ2n) is 3.68. The maximum Gasteiger partial charge on any atom is 0.471 e. The summed E-state index contributed by atoms with van der Waals surface area (Å²) in [5, 5.41) is -1.71. The third kappa shape index (κ3) is 2.42. The fraction of sp³-hybridized carbons (Fsp3) is 0.750. The quantitative estimate of drug-likeness (QED) is 0.619. The Kier molecular flexibility index (Phi) is 3.61. The van der Waals surface area contributed by atoms with Crippen LogP contribution in [-0.4, -0.2) is 55.6 Å². The highest BCUT2D eigenvalue weighted by molar-refractivity contribution is 7.92. The van der Waals surface area contributed by atoms with Gasteiger partial charge in [-0.15, -0.1) is 0 Å². The van der Waals surface area contributed by atoms with E-state index in [1.807, 2.05) is 0 Å². The first-order valence-electron chi connectivity index (χ1n) is 4.71. The Labute approximate surface area is 101 Å². The second kappa shape index (κ2) is 4.41. The largest absolute Gasteiger partial charge is 0.471 e. The van der Waals surface area contributed by atoms with Gasteiger partial charge in [0.25, 0.3) is 0 Å². The van der Waals surface area contributed by atoms with E-state index in [0.717, 1.165) is 14.0 Å². The highest BCUT2D eigenvalue weighted by Crippen LogP contribution is 2.29. The molecule has 2 atom stereocenters. The smallest absolute Gasteiger partial charge is 0.467 e. The highest BCUT2D eigenvalue weighted by atomic mass is 32.2. The molecule has 0 aromatic heterocycles. The first-order valence-corrected chi connectivity index (χ1v) is 6.42. The van der Waals surface area contributed by atoms with Crippen LogP contribution in [0.4, 0.5) is 13.2 Å². The summed E-state index contributed by atoms with van der Waals surface area (Å²) in [7, 11) is -3.08. The van der Waals surface area contributed by atoms with E-state index < -0.39 is 45.1 Å². The van der Waals surface area contributed by atoms with Crippen LogP contribution in [-0.2, 0) is 24.2 Å². The lowest BCUT2D eigenvalue weighted by atomic mass is 10.2. The van der Waals surface area contributed by atoms with Crippen LogP contribution in [0, 0.1) is 0 Å². The number of amides is 1. The first kappa shape index (κ1) is 14.7. The van der Waals surface area contributed by atoms with Crippen LogP contribution in [0.5, 0.6) is 0 Å². The van der Waals surface area contributed by atoms with Crippen molar-refractivity contribution in [3.05, 3.63) is 0 Å². The average Bonchev–Trinajstić information content (AvgIpc) is 2.47. The molecule has 1 rings (SSSR count). The first-order chi connectivity index (χ1) is 8.02. The van der Waals surface area contributed by atoms with Gasteiger partial charge in [-0.25, -0.2) is 13.2 Å². The molecule has 104 valence electrons. The molecule has 1 heterocycles. The van der Waals surface area contributed by atoms with Crippen molar-refractivity contribution in [2.45, 2.75) is 24.5 Å². The summed E-state index contributed by atoms with van der Waals surface area (Å²) in [4.78, 5) is 22.4. The zero-order valence-corrected chi connectivity index (χ0v) is 10.2. The molecule has 6 nitrogen and oxygen atoms in total.